The van der Waals surface area contributed by atoms with E-state index in [-0.39, 0.29) is 0 Å². The zero-order chi connectivity index (χ0) is 22.8. The molecule has 2 nitrogen and oxygen atoms in total. The number of fused-ring (bicyclic) bond motifs is 6. The Labute approximate surface area is 205 Å². The SMILES string of the molecule is Clc1ccc(-c2c3[nH]c4ccccc4c3c(-c3ccc(Cl)cc3)c3c2[nH]c2ccccc23)cc1. The van der Waals surface area contributed by atoms with Gasteiger partial charge in [-0.25, -0.2) is 0 Å². The van der Waals surface area contributed by atoms with Gasteiger partial charge in [0.05, 0.1) is 11.0 Å². The zero-order valence-corrected chi connectivity index (χ0v) is 19.5. The fraction of sp³-hybridized carbons (Fsp3) is 0. The predicted octanol–water partition coefficient (Wildman–Crippen LogP) is 9.60. The standard InChI is InChI=1S/C30H18Cl2N2/c31-19-13-9-17(10-14-19)25-27-21-5-1-3-7-23(21)33-29(27)26(18-11-15-20(32)16-12-18)30-28(25)22-6-2-4-8-24(22)34-30/h1-16,33-34H. The molecule has 2 aromatic heterocycles. The normalized spacial score (nSPS) is 11.8. The summed E-state index contributed by atoms with van der Waals surface area (Å²) in [4.78, 5) is 7.48. The number of benzene rings is 5. The molecule has 7 rings (SSSR count). The third-order valence-corrected chi connectivity index (χ3v) is 7.18. The lowest BCUT2D eigenvalue weighted by Gasteiger charge is -2.13. The molecule has 0 aliphatic heterocycles. The predicted molar refractivity (Wildman–Crippen MR) is 146 cm³/mol. The summed E-state index contributed by atoms with van der Waals surface area (Å²) in [5.41, 5.74) is 9.03. The van der Waals surface area contributed by atoms with Gasteiger partial charge in [-0.1, -0.05) is 83.9 Å². The molecule has 0 amide bonds. The molecule has 0 spiro atoms. The maximum absolute atomic E-state index is 6.28. The Balaban J connectivity index is 1.79. The van der Waals surface area contributed by atoms with Gasteiger partial charge in [0.1, 0.15) is 0 Å². The summed E-state index contributed by atoms with van der Waals surface area (Å²) < 4.78 is 0. The van der Waals surface area contributed by atoms with Crippen LogP contribution < -0.4 is 0 Å². The van der Waals surface area contributed by atoms with Crippen LogP contribution in [0.3, 0.4) is 0 Å². The molecule has 5 aromatic carbocycles. The van der Waals surface area contributed by atoms with Crippen molar-refractivity contribution in [3.8, 4) is 22.3 Å². The van der Waals surface area contributed by atoms with E-state index < -0.39 is 0 Å². The summed E-state index contributed by atoms with van der Waals surface area (Å²) in [5, 5.41) is 6.27. The van der Waals surface area contributed by atoms with Crippen molar-refractivity contribution in [2.75, 3.05) is 0 Å². The molecule has 0 atom stereocenters. The molecular weight excluding hydrogens is 459 g/mol. The Bertz CT molecular complexity index is 1770. The van der Waals surface area contributed by atoms with E-state index in [1.54, 1.807) is 0 Å². The Morgan fingerprint density at radius 2 is 0.853 bits per heavy atom. The van der Waals surface area contributed by atoms with Crippen molar-refractivity contribution in [1.29, 1.82) is 0 Å². The number of halogens is 2. The molecule has 162 valence electrons. The van der Waals surface area contributed by atoms with Crippen LogP contribution in [0.4, 0.5) is 0 Å². The average molecular weight is 477 g/mol. The van der Waals surface area contributed by atoms with Gasteiger partial charge >= 0.3 is 0 Å². The molecule has 34 heavy (non-hydrogen) atoms. The second-order valence-corrected chi connectivity index (χ2v) is 9.48. The van der Waals surface area contributed by atoms with Gasteiger partial charge in [-0.2, -0.15) is 0 Å². The summed E-state index contributed by atoms with van der Waals surface area (Å²) in [7, 11) is 0. The van der Waals surface area contributed by atoms with Crippen molar-refractivity contribution in [1.82, 2.24) is 9.97 Å². The van der Waals surface area contributed by atoms with Crippen LogP contribution in [-0.4, -0.2) is 9.97 Å². The number of aromatic nitrogens is 2. The van der Waals surface area contributed by atoms with Gasteiger partial charge in [0, 0.05) is 53.8 Å². The number of para-hydroxylation sites is 2. The third kappa shape index (κ3) is 2.83. The first-order valence-corrected chi connectivity index (χ1v) is 11.9. The fourth-order valence-electron chi connectivity index (χ4n) is 5.24. The van der Waals surface area contributed by atoms with Crippen molar-refractivity contribution in [2.45, 2.75) is 0 Å². The van der Waals surface area contributed by atoms with Gasteiger partial charge in [0.2, 0.25) is 0 Å². The average Bonchev–Trinajstić information content (AvgIpc) is 3.43. The van der Waals surface area contributed by atoms with E-state index >= 15 is 0 Å². The minimum atomic E-state index is 0.724. The van der Waals surface area contributed by atoms with Crippen LogP contribution in [-0.2, 0) is 0 Å². The molecule has 2 heterocycles. The minimum absolute atomic E-state index is 0.724. The van der Waals surface area contributed by atoms with Crippen molar-refractivity contribution < 1.29 is 0 Å². The van der Waals surface area contributed by atoms with Crippen LogP contribution in [0.2, 0.25) is 10.0 Å². The van der Waals surface area contributed by atoms with Crippen molar-refractivity contribution >= 4 is 66.8 Å². The monoisotopic (exact) mass is 476 g/mol. The summed E-state index contributed by atoms with van der Waals surface area (Å²) in [6.45, 7) is 0. The smallest absolute Gasteiger partial charge is 0.0572 e. The molecule has 7 aromatic rings. The van der Waals surface area contributed by atoms with E-state index in [0.717, 1.165) is 48.8 Å². The lowest BCUT2D eigenvalue weighted by Crippen LogP contribution is -1.89. The molecule has 0 aliphatic carbocycles. The first-order valence-electron chi connectivity index (χ1n) is 11.2. The molecule has 0 saturated heterocycles. The number of H-pyrrole nitrogens is 2. The maximum Gasteiger partial charge on any atom is 0.0572 e. The Hall–Kier alpha value is -3.72. The van der Waals surface area contributed by atoms with E-state index in [2.05, 4.69) is 82.8 Å². The Kier molecular flexibility index (Phi) is 4.29. The molecule has 0 bridgehead atoms. The van der Waals surface area contributed by atoms with Gasteiger partial charge in [0.15, 0.2) is 0 Å². The summed E-state index contributed by atoms with van der Waals surface area (Å²) in [6, 6.07) is 33.3. The molecule has 0 unspecified atom stereocenters. The minimum Gasteiger partial charge on any atom is -0.354 e. The maximum atomic E-state index is 6.28. The zero-order valence-electron chi connectivity index (χ0n) is 18.0. The molecule has 0 radical (unpaired) electrons. The van der Waals surface area contributed by atoms with Crippen LogP contribution in [0.25, 0.3) is 65.9 Å². The second kappa shape index (κ2) is 7.39. The van der Waals surface area contributed by atoms with E-state index in [1.807, 2.05) is 24.3 Å². The van der Waals surface area contributed by atoms with Gasteiger partial charge < -0.3 is 9.97 Å². The van der Waals surface area contributed by atoms with Gasteiger partial charge in [-0.3, -0.25) is 0 Å². The molecular formula is C30H18Cl2N2. The molecule has 2 N–H and O–H groups in total. The summed E-state index contributed by atoms with van der Waals surface area (Å²) in [6.07, 6.45) is 0. The van der Waals surface area contributed by atoms with Crippen LogP contribution >= 0.6 is 23.2 Å². The lowest BCUT2D eigenvalue weighted by atomic mass is 9.90. The largest absolute Gasteiger partial charge is 0.354 e. The quantitative estimate of drug-likeness (QED) is 0.248. The summed E-state index contributed by atoms with van der Waals surface area (Å²) in [5.74, 6) is 0. The highest BCUT2D eigenvalue weighted by atomic mass is 35.5. The van der Waals surface area contributed by atoms with E-state index in [1.165, 1.54) is 27.1 Å². The van der Waals surface area contributed by atoms with Crippen molar-refractivity contribution in [2.24, 2.45) is 0 Å². The second-order valence-electron chi connectivity index (χ2n) is 8.60. The number of aromatic amines is 2. The van der Waals surface area contributed by atoms with Gasteiger partial charge in [-0.15, -0.1) is 0 Å². The fourth-order valence-corrected chi connectivity index (χ4v) is 5.49. The van der Waals surface area contributed by atoms with Crippen LogP contribution in [0.15, 0.2) is 97.1 Å². The van der Waals surface area contributed by atoms with E-state index in [4.69, 9.17) is 23.2 Å². The van der Waals surface area contributed by atoms with Crippen molar-refractivity contribution in [3.63, 3.8) is 0 Å². The number of hydrogen-bond acceptors (Lipinski definition) is 0. The molecule has 0 aliphatic rings. The van der Waals surface area contributed by atoms with Crippen LogP contribution in [0, 0.1) is 0 Å². The van der Waals surface area contributed by atoms with Gasteiger partial charge in [-0.05, 0) is 47.5 Å². The molecule has 4 heteroatoms. The lowest BCUT2D eigenvalue weighted by molar-refractivity contribution is 1.51. The van der Waals surface area contributed by atoms with E-state index in [9.17, 15) is 0 Å². The first kappa shape index (κ1) is 19.7. The van der Waals surface area contributed by atoms with E-state index in [0.29, 0.717) is 0 Å². The molecule has 0 saturated carbocycles. The topological polar surface area (TPSA) is 31.6 Å². The highest BCUT2D eigenvalue weighted by Crippen LogP contribution is 2.48. The first-order chi connectivity index (χ1) is 16.7. The van der Waals surface area contributed by atoms with Crippen LogP contribution in [0.5, 0.6) is 0 Å². The number of rotatable bonds is 2. The number of nitrogens with one attached hydrogen (secondary N) is 2. The Morgan fingerprint density at radius 3 is 1.32 bits per heavy atom. The molecule has 0 fully saturated rings. The van der Waals surface area contributed by atoms with Crippen molar-refractivity contribution in [3.05, 3.63) is 107 Å². The number of hydrogen-bond donors (Lipinski definition) is 2. The Morgan fingerprint density at radius 1 is 0.441 bits per heavy atom. The highest BCUT2D eigenvalue weighted by Gasteiger charge is 2.23. The third-order valence-electron chi connectivity index (χ3n) is 6.68. The van der Waals surface area contributed by atoms with Crippen LogP contribution in [0.1, 0.15) is 0 Å². The highest BCUT2D eigenvalue weighted by molar-refractivity contribution is 6.33. The summed E-state index contributed by atoms with van der Waals surface area (Å²) >= 11 is 12.5. The van der Waals surface area contributed by atoms with Gasteiger partial charge in [0.25, 0.3) is 0 Å².